The number of nitrogens with one attached hydrogen (secondary N) is 1. The maximum atomic E-state index is 12.7. The van der Waals surface area contributed by atoms with Crippen molar-refractivity contribution >= 4 is 46.7 Å². The molecule has 0 radical (unpaired) electrons. The summed E-state index contributed by atoms with van der Waals surface area (Å²) in [4.78, 5) is 47.3. The van der Waals surface area contributed by atoms with Gasteiger partial charge in [-0.3, -0.25) is 24.5 Å². The number of nitro groups is 1. The summed E-state index contributed by atoms with van der Waals surface area (Å²) in [5.41, 5.74) is 0.858. The van der Waals surface area contributed by atoms with Crippen molar-refractivity contribution in [2.24, 2.45) is 5.10 Å². The molecular formula is C25H19ClN4O7. The molecule has 0 aromatic heterocycles. The summed E-state index contributed by atoms with van der Waals surface area (Å²) in [5, 5.41) is 19.6. The number of halogens is 1. The van der Waals surface area contributed by atoms with Crippen molar-refractivity contribution in [1.29, 1.82) is 0 Å². The van der Waals surface area contributed by atoms with E-state index in [1.54, 1.807) is 48.5 Å². The highest BCUT2D eigenvalue weighted by Gasteiger charge is 2.35. The van der Waals surface area contributed by atoms with E-state index in [0.717, 1.165) is 11.1 Å². The van der Waals surface area contributed by atoms with E-state index in [0.29, 0.717) is 11.3 Å². The van der Waals surface area contributed by atoms with Gasteiger partial charge in [0.15, 0.2) is 0 Å². The van der Waals surface area contributed by atoms with Gasteiger partial charge in [0, 0.05) is 37.2 Å². The maximum Gasteiger partial charge on any atom is 0.308 e. The van der Waals surface area contributed by atoms with Gasteiger partial charge in [0.1, 0.15) is 5.75 Å². The molecule has 0 fully saturated rings. The molecule has 0 saturated heterocycles. The molecule has 1 aliphatic rings. The van der Waals surface area contributed by atoms with Gasteiger partial charge in [-0.2, -0.15) is 5.01 Å². The number of nitrogens with zero attached hydrogens (tertiary/aromatic N) is 3. The lowest BCUT2D eigenvalue weighted by Crippen LogP contribution is -2.25. The largest absolute Gasteiger partial charge is 0.446 e. The fourth-order valence-corrected chi connectivity index (χ4v) is 3.77. The molecule has 37 heavy (non-hydrogen) atoms. The number of nitro benzene ring substituents is 1. The van der Waals surface area contributed by atoms with Gasteiger partial charge < -0.3 is 14.8 Å². The highest BCUT2D eigenvalue weighted by atomic mass is 35.5. The van der Waals surface area contributed by atoms with E-state index in [2.05, 4.69) is 10.4 Å². The van der Waals surface area contributed by atoms with E-state index < -0.39 is 28.9 Å². The molecule has 0 spiro atoms. The summed E-state index contributed by atoms with van der Waals surface area (Å²) in [6.45, 7) is 2.45. The van der Waals surface area contributed by atoms with Crippen molar-refractivity contribution in [3.63, 3.8) is 0 Å². The minimum absolute atomic E-state index is 0.0151. The zero-order chi connectivity index (χ0) is 26.7. The number of carbonyl (C=O) groups excluding carboxylic acids is 3. The predicted octanol–water partition coefficient (Wildman–Crippen LogP) is 4.66. The minimum Gasteiger partial charge on any atom is -0.446 e. The van der Waals surface area contributed by atoms with Gasteiger partial charge in [-0.15, -0.1) is 5.10 Å². The van der Waals surface area contributed by atoms with Gasteiger partial charge in [-0.25, -0.2) is 0 Å². The normalized spacial score (nSPS) is 14.4. The number of carbonyl (C=O) groups is 3. The Hall–Kier alpha value is -4.77. The van der Waals surface area contributed by atoms with Crippen molar-refractivity contribution in [3.05, 3.63) is 98.6 Å². The first-order chi connectivity index (χ1) is 17.6. The molecule has 1 heterocycles. The fourth-order valence-electron chi connectivity index (χ4n) is 3.55. The maximum absolute atomic E-state index is 12.7. The zero-order valence-corrected chi connectivity index (χ0v) is 20.3. The van der Waals surface area contributed by atoms with E-state index in [4.69, 9.17) is 21.1 Å². The Morgan fingerprint density at radius 2 is 1.84 bits per heavy atom. The third-order valence-electron chi connectivity index (χ3n) is 5.17. The van der Waals surface area contributed by atoms with Crippen LogP contribution in [0.2, 0.25) is 5.02 Å². The number of amides is 2. The van der Waals surface area contributed by atoms with Crippen LogP contribution in [0.25, 0.3) is 0 Å². The fraction of sp³-hybridized carbons (Fsp3) is 0.120. The average Bonchev–Trinajstić information content (AvgIpc) is 3.30. The first kappa shape index (κ1) is 25.3. The summed E-state index contributed by atoms with van der Waals surface area (Å²) in [5.74, 6) is -1.76. The predicted molar refractivity (Wildman–Crippen MR) is 133 cm³/mol. The van der Waals surface area contributed by atoms with E-state index >= 15 is 0 Å². The number of non-ortho nitro benzene ring substituents is 1. The summed E-state index contributed by atoms with van der Waals surface area (Å²) >= 11 is 6.11. The van der Waals surface area contributed by atoms with Gasteiger partial charge in [0.05, 0.1) is 21.1 Å². The van der Waals surface area contributed by atoms with E-state index in [-0.39, 0.29) is 33.5 Å². The number of hydrogen-bond donors (Lipinski definition) is 1. The lowest BCUT2D eigenvalue weighted by atomic mass is 10.1. The molecule has 0 saturated carbocycles. The van der Waals surface area contributed by atoms with Crippen molar-refractivity contribution in [2.75, 3.05) is 5.32 Å². The van der Waals surface area contributed by atoms with Crippen LogP contribution in [0.1, 0.15) is 41.6 Å². The minimum atomic E-state index is -1.06. The number of esters is 1. The molecular weight excluding hydrogens is 504 g/mol. The Labute approximate surface area is 215 Å². The number of hydrogen-bond acceptors (Lipinski definition) is 8. The molecule has 1 atom stereocenters. The molecule has 4 rings (SSSR count). The standard InChI is InChI=1S/C25H19ClN4O7/c1-14(31)29-25(16-6-5-7-17(12-16)27-23(33)19-8-3-4-9-21(19)26)37-24(28-29)20-13-18(30(34)35)10-11-22(20)36-15(2)32/h3-13,25H,1-2H3,(H,27,33)/t25-/m0/s1. The van der Waals surface area contributed by atoms with Crippen LogP contribution >= 0.6 is 11.6 Å². The molecule has 2 amide bonds. The number of benzene rings is 3. The smallest absolute Gasteiger partial charge is 0.308 e. The quantitative estimate of drug-likeness (QED) is 0.215. The number of anilines is 1. The van der Waals surface area contributed by atoms with Gasteiger partial charge >= 0.3 is 5.97 Å². The molecule has 1 N–H and O–H groups in total. The molecule has 0 bridgehead atoms. The van der Waals surface area contributed by atoms with Gasteiger partial charge in [-0.05, 0) is 30.3 Å². The van der Waals surface area contributed by atoms with Crippen LogP contribution in [-0.4, -0.2) is 33.6 Å². The molecule has 3 aromatic rings. The molecule has 0 aliphatic carbocycles. The zero-order valence-electron chi connectivity index (χ0n) is 19.5. The Morgan fingerprint density at radius 1 is 1.08 bits per heavy atom. The van der Waals surface area contributed by atoms with Crippen LogP contribution in [-0.2, 0) is 14.3 Å². The molecule has 3 aromatic carbocycles. The summed E-state index contributed by atoms with van der Waals surface area (Å²) in [6, 6.07) is 16.7. The number of rotatable bonds is 6. The van der Waals surface area contributed by atoms with Crippen molar-refractivity contribution in [2.45, 2.75) is 20.1 Å². The van der Waals surface area contributed by atoms with Crippen LogP contribution in [0.4, 0.5) is 11.4 Å². The number of ether oxygens (including phenoxy) is 2. The van der Waals surface area contributed by atoms with Crippen LogP contribution < -0.4 is 10.1 Å². The second kappa shape index (κ2) is 10.5. The van der Waals surface area contributed by atoms with Gasteiger partial charge in [0.25, 0.3) is 11.6 Å². The Balaban J connectivity index is 1.65. The highest BCUT2D eigenvalue weighted by molar-refractivity contribution is 6.34. The Bertz CT molecular complexity index is 1460. The summed E-state index contributed by atoms with van der Waals surface area (Å²) in [6.07, 6.45) is -1.06. The van der Waals surface area contributed by atoms with Gasteiger partial charge in [-0.1, -0.05) is 35.9 Å². The van der Waals surface area contributed by atoms with Crippen LogP contribution in [0.15, 0.2) is 71.8 Å². The first-order valence-electron chi connectivity index (χ1n) is 10.8. The highest BCUT2D eigenvalue weighted by Crippen LogP contribution is 2.35. The second-order valence-corrected chi connectivity index (χ2v) is 8.24. The van der Waals surface area contributed by atoms with E-state index in [9.17, 15) is 24.5 Å². The molecule has 0 unspecified atom stereocenters. The molecule has 12 heteroatoms. The van der Waals surface area contributed by atoms with E-state index in [1.807, 2.05) is 0 Å². The van der Waals surface area contributed by atoms with Crippen LogP contribution in [0, 0.1) is 10.1 Å². The third-order valence-corrected chi connectivity index (χ3v) is 5.50. The molecule has 1 aliphatic heterocycles. The van der Waals surface area contributed by atoms with E-state index in [1.165, 1.54) is 26.0 Å². The SMILES string of the molecule is CC(=O)Oc1ccc([N+](=O)[O-])cc1C1=NN(C(C)=O)[C@H](c2cccc(NC(=O)c3ccccc3Cl)c2)O1. The summed E-state index contributed by atoms with van der Waals surface area (Å²) in [7, 11) is 0. The van der Waals surface area contributed by atoms with Crippen LogP contribution in [0.3, 0.4) is 0 Å². The monoisotopic (exact) mass is 522 g/mol. The number of hydrazone groups is 1. The average molecular weight is 523 g/mol. The van der Waals surface area contributed by atoms with Crippen molar-refractivity contribution < 1.29 is 28.8 Å². The third kappa shape index (κ3) is 5.57. The first-order valence-corrected chi connectivity index (χ1v) is 11.2. The molecule has 11 nitrogen and oxygen atoms in total. The van der Waals surface area contributed by atoms with Gasteiger partial charge in [0.2, 0.25) is 18.0 Å². The second-order valence-electron chi connectivity index (χ2n) is 7.83. The topological polar surface area (TPSA) is 140 Å². The van der Waals surface area contributed by atoms with Crippen LogP contribution in [0.5, 0.6) is 5.75 Å². The van der Waals surface area contributed by atoms with Crippen molar-refractivity contribution in [1.82, 2.24) is 5.01 Å². The lowest BCUT2D eigenvalue weighted by Gasteiger charge is -2.20. The Kier molecular flexibility index (Phi) is 7.16. The summed E-state index contributed by atoms with van der Waals surface area (Å²) < 4.78 is 11.1. The Morgan fingerprint density at radius 3 is 2.51 bits per heavy atom. The molecule has 188 valence electrons. The van der Waals surface area contributed by atoms with Crippen molar-refractivity contribution in [3.8, 4) is 5.75 Å². The lowest BCUT2D eigenvalue weighted by molar-refractivity contribution is -0.384.